The van der Waals surface area contributed by atoms with Crippen molar-refractivity contribution in [2.24, 2.45) is 28.7 Å². The number of nitrogens with zero attached hydrogens (tertiary/aromatic N) is 1. The van der Waals surface area contributed by atoms with Gasteiger partial charge in [0, 0.05) is 12.6 Å². The van der Waals surface area contributed by atoms with Gasteiger partial charge in [-0.3, -0.25) is 10.4 Å². The third-order valence-electron chi connectivity index (χ3n) is 8.05. The van der Waals surface area contributed by atoms with Crippen LogP contribution in [0, 0.1) is 0 Å². The molecule has 4 rings (SSSR count). The first-order chi connectivity index (χ1) is 19.9. The van der Waals surface area contributed by atoms with Gasteiger partial charge in [-0.25, -0.2) is 0 Å². The Hall–Kier alpha value is -1.18. The van der Waals surface area contributed by atoms with Crippen LogP contribution in [0.1, 0.15) is 12.8 Å². The predicted molar refractivity (Wildman–Crippen MR) is 136 cm³/mol. The van der Waals surface area contributed by atoms with E-state index in [0.717, 1.165) is 0 Å². The minimum atomic E-state index is -1.64. The van der Waals surface area contributed by atoms with Crippen molar-refractivity contribution >= 4 is 0 Å². The second-order valence-electron chi connectivity index (χ2n) is 10.9. The Balaban J connectivity index is 1.52. The van der Waals surface area contributed by atoms with Gasteiger partial charge < -0.3 is 82.6 Å². The molecule has 19 heteroatoms. The van der Waals surface area contributed by atoms with Crippen LogP contribution >= 0.6 is 0 Å². The summed E-state index contributed by atoms with van der Waals surface area (Å²) < 4.78 is 34.8. The zero-order valence-corrected chi connectivity index (χ0v) is 22.8. The normalized spacial score (nSPS) is 48.3. The molecule has 0 radical (unpaired) electrons. The van der Waals surface area contributed by atoms with Crippen molar-refractivity contribution in [3.8, 4) is 0 Å². The molecule has 0 amide bonds. The smallest absolute Gasteiger partial charge is 0.215 e. The Bertz CT molecular complexity index is 907. The molecule has 3 fully saturated rings. The monoisotopic (exact) mass is 612 g/mol. The van der Waals surface area contributed by atoms with Gasteiger partial charge in [0.25, 0.3) is 0 Å². The summed E-state index contributed by atoms with van der Waals surface area (Å²) in [6.07, 6.45) is -14.3. The maximum absolute atomic E-state index is 11.1. The number of hydroxylamine groups is 2. The van der Waals surface area contributed by atoms with Gasteiger partial charge >= 0.3 is 0 Å². The van der Waals surface area contributed by atoms with Crippen molar-refractivity contribution in [1.29, 1.82) is 0 Å². The van der Waals surface area contributed by atoms with E-state index in [1.165, 1.54) is 0 Å². The Labute approximate surface area is 241 Å². The van der Waals surface area contributed by atoms with Crippen molar-refractivity contribution in [1.82, 2.24) is 5.23 Å². The second-order valence-corrected chi connectivity index (χ2v) is 10.9. The summed E-state index contributed by atoms with van der Waals surface area (Å²) in [4.78, 5) is 0. The summed E-state index contributed by atoms with van der Waals surface area (Å²) in [6.45, 7) is -0.750. The number of nitrogens with two attached hydrogens (primary N) is 5. The fourth-order valence-corrected chi connectivity index (χ4v) is 5.57. The van der Waals surface area contributed by atoms with Crippen LogP contribution in [0.2, 0.25) is 0 Å². The number of rotatable bonds is 10. The van der Waals surface area contributed by atoms with E-state index in [9.17, 15) is 35.9 Å². The zero-order valence-electron chi connectivity index (χ0n) is 22.8. The van der Waals surface area contributed by atoms with Crippen LogP contribution in [0.5, 0.6) is 0 Å². The number of aliphatic hydroxyl groups is 5. The molecule has 42 heavy (non-hydrogen) atoms. The first-order valence-electron chi connectivity index (χ1n) is 13.7. The molecule has 0 aromatic heterocycles. The number of hydrogen-bond acceptors (Lipinski definition) is 19. The molecule has 3 heterocycles. The van der Waals surface area contributed by atoms with Crippen LogP contribution in [0.3, 0.4) is 0 Å². The number of hydrogen-bond donors (Lipinski definition) is 12. The lowest BCUT2D eigenvalue weighted by Crippen LogP contribution is -2.66. The number of aliphatic hydroxyl groups excluding tert-OH is 5. The average molecular weight is 613 g/mol. The third kappa shape index (κ3) is 6.88. The SMILES string of the molecule is NCC1=CC[C@@H](N)[C@@H](O[C@H]2[C@H](O[C@@H]3O[C@H](CO)[C@@H](O[C@H]4O[C@@H](CN)[C@H](O)[C@H](O)[C@H]4N)[C@H]3O)[C@@H](O)[C@H](N(O)O)C[C@@H]2N)O1. The Morgan fingerprint density at radius 1 is 0.786 bits per heavy atom. The van der Waals surface area contributed by atoms with Gasteiger partial charge in [0.05, 0.1) is 31.3 Å². The molecule has 0 bridgehead atoms. The molecular weight excluding hydrogens is 568 g/mol. The van der Waals surface area contributed by atoms with Crippen molar-refractivity contribution in [3.05, 3.63) is 11.8 Å². The summed E-state index contributed by atoms with van der Waals surface area (Å²) in [5.41, 5.74) is 29.7. The Morgan fingerprint density at radius 3 is 2.05 bits per heavy atom. The van der Waals surface area contributed by atoms with Gasteiger partial charge in [-0.2, -0.15) is 0 Å². The highest BCUT2D eigenvalue weighted by Gasteiger charge is 2.54. The van der Waals surface area contributed by atoms with E-state index in [-0.39, 0.29) is 24.7 Å². The lowest BCUT2D eigenvalue weighted by Gasteiger charge is -2.46. The van der Waals surface area contributed by atoms with Gasteiger partial charge in [-0.05, 0) is 18.9 Å². The van der Waals surface area contributed by atoms with Crippen molar-refractivity contribution in [2.45, 2.75) is 111 Å². The molecule has 17 N–H and O–H groups in total. The van der Waals surface area contributed by atoms with Gasteiger partial charge in [0.15, 0.2) is 12.6 Å². The van der Waals surface area contributed by atoms with Gasteiger partial charge in [0.2, 0.25) is 6.29 Å². The first kappa shape index (κ1) is 33.7. The fourth-order valence-electron chi connectivity index (χ4n) is 5.57. The van der Waals surface area contributed by atoms with Crippen molar-refractivity contribution in [2.75, 3.05) is 19.7 Å². The summed E-state index contributed by atoms with van der Waals surface area (Å²) in [6, 6.07) is -4.16. The van der Waals surface area contributed by atoms with E-state index in [1.807, 2.05) is 0 Å². The zero-order chi connectivity index (χ0) is 30.9. The minimum Gasteiger partial charge on any atom is -0.467 e. The van der Waals surface area contributed by atoms with Crippen LogP contribution < -0.4 is 28.7 Å². The van der Waals surface area contributed by atoms with E-state index < -0.39 is 105 Å². The summed E-state index contributed by atoms with van der Waals surface area (Å²) in [5, 5.41) is 71.8. The number of ether oxygens (including phenoxy) is 6. The molecular formula is C23H44N6O13. The fraction of sp³-hybridized carbons (Fsp3) is 0.913. The van der Waals surface area contributed by atoms with Crippen LogP contribution in [0.25, 0.3) is 0 Å². The standard InChI is InChI=1S/C23H44N6O13/c24-4-7-1-2-8(26)21(37-7)40-18-9(27)3-10(29(35)36)14(31)20(18)42-23-17(34)19(12(6-30)39-23)41-22-13(28)16(33)15(32)11(5-25)38-22/h1,8-23,30-36H,2-6,24-28H2/t8-,9+,10-,11+,12-,13-,14+,15+,16-,17-,18-,19-,20-,21-,22-,23+/m1/s1. The molecule has 19 nitrogen and oxygen atoms in total. The first-order valence-corrected chi connectivity index (χ1v) is 13.7. The van der Waals surface area contributed by atoms with Gasteiger partial charge in [-0.1, -0.05) is 5.23 Å². The molecule has 0 unspecified atom stereocenters. The molecule has 244 valence electrons. The van der Waals surface area contributed by atoms with E-state index in [2.05, 4.69) is 0 Å². The summed E-state index contributed by atoms with van der Waals surface area (Å²) >= 11 is 0. The lowest BCUT2D eigenvalue weighted by molar-refractivity contribution is -0.365. The highest BCUT2D eigenvalue weighted by molar-refractivity contribution is 5.04. The quantitative estimate of drug-likeness (QED) is 0.102. The lowest BCUT2D eigenvalue weighted by atomic mass is 9.84. The van der Waals surface area contributed by atoms with Crippen LogP contribution in [-0.4, -0.2) is 159 Å². The van der Waals surface area contributed by atoms with E-state index in [0.29, 0.717) is 12.2 Å². The molecule has 0 aromatic carbocycles. The Morgan fingerprint density at radius 2 is 1.43 bits per heavy atom. The molecule has 2 saturated heterocycles. The second kappa shape index (κ2) is 14.3. The highest BCUT2D eigenvalue weighted by Crippen LogP contribution is 2.35. The van der Waals surface area contributed by atoms with E-state index >= 15 is 0 Å². The van der Waals surface area contributed by atoms with Crippen molar-refractivity contribution < 1.29 is 64.4 Å². The third-order valence-corrected chi connectivity index (χ3v) is 8.05. The topological polar surface area (TPSA) is 330 Å². The largest absolute Gasteiger partial charge is 0.467 e. The molecule has 4 aliphatic rings. The molecule has 1 saturated carbocycles. The van der Waals surface area contributed by atoms with E-state index in [4.69, 9.17) is 57.1 Å². The van der Waals surface area contributed by atoms with Crippen LogP contribution in [-0.2, 0) is 28.4 Å². The average Bonchev–Trinajstić information content (AvgIpc) is 3.26. The van der Waals surface area contributed by atoms with Crippen LogP contribution in [0.4, 0.5) is 0 Å². The summed E-state index contributed by atoms with van der Waals surface area (Å²) in [7, 11) is 0. The van der Waals surface area contributed by atoms with Gasteiger partial charge in [0.1, 0.15) is 60.7 Å². The maximum atomic E-state index is 11.1. The Kier molecular flexibility index (Phi) is 11.5. The molecule has 1 aliphatic carbocycles. The predicted octanol–water partition coefficient (Wildman–Crippen LogP) is -6.59. The van der Waals surface area contributed by atoms with Crippen molar-refractivity contribution in [3.63, 3.8) is 0 Å². The van der Waals surface area contributed by atoms with Crippen LogP contribution in [0.15, 0.2) is 11.8 Å². The highest BCUT2D eigenvalue weighted by atomic mass is 16.8. The van der Waals surface area contributed by atoms with E-state index in [1.54, 1.807) is 6.08 Å². The maximum Gasteiger partial charge on any atom is 0.215 e. The minimum absolute atomic E-state index is 0.0837. The molecule has 3 aliphatic heterocycles. The molecule has 16 atom stereocenters. The van der Waals surface area contributed by atoms with Gasteiger partial charge in [-0.15, -0.1) is 0 Å². The summed E-state index contributed by atoms with van der Waals surface area (Å²) in [5.74, 6) is 0.428. The molecule has 0 aromatic rings. The molecule has 0 spiro atoms.